The number of amides is 1. The molecule has 150 valence electrons. The summed E-state index contributed by atoms with van der Waals surface area (Å²) >= 11 is 0. The van der Waals surface area contributed by atoms with Gasteiger partial charge in [-0.05, 0) is 26.0 Å². The molecule has 0 bridgehead atoms. The Balaban J connectivity index is 1.52. The lowest BCUT2D eigenvalue weighted by Gasteiger charge is -2.33. The molecule has 0 aliphatic carbocycles. The van der Waals surface area contributed by atoms with Gasteiger partial charge in [0.15, 0.2) is 6.54 Å². The second-order valence-electron chi connectivity index (χ2n) is 7.24. The summed E-state index contributed by atoms with van der Waals surface area (Å²) in [5.41, 5.74) is 2.21. The first-order valence-electron chi connectivity index (χ1n) is 9.61. The Bertz CT molecular complexity index is 890. The van der Waals surface area contributed by atoms with Crippen molar-refractivity contribution in [2.24, 2.45) is 0 Å². The number of quaternary nitrogens is 1. The van der Waals surface area contributed by atoms with E-state index in [-0.39, 0.29) is 11.9 Å². The van der Waals surface area contributed by atoms with Crippen LogP contribution in [-0.2, 0) is 14.8 Å². The Morgan fingerprint density at radius 1 is 1.00 bits per heavy atom. The molecule has 1 heterocycles. The maximum atomic E-state index is 12.8. The van der Waals surface area contributed by atoms with Gasteiger partial charge in [0.2, 0.25) is 10.0 Å². The lowest BCUT2D eigenvalue weighted by molar-refractivity contribution is -0.683. The minimum atomic E-state index is -3.50. The normalized spacial score (nSPS) is 16.7. The zero-order valence-electron chi connectivity index (χ0n) is 16.4. The molecular formula is C21H28N3O3S+. The van der Waals surface area contributed by atoms with Crippen molar-refractivity contribution in [1.29, 1.82) is 0 Å². The molecule has 2 aromatic carbocycles. The second kappa shape index (κ2) is 8.86. The molecule has 0 aromatic heterocycles. The molecule has 3 rings (SSSR count). The fourth-order valence-corrected chi connectivity index (χ4v) is 4.76. The second-order valence-corrected chi connectivity index (χ2v) is 9.18. The van der Waals surface area contributed by atoms with E-state index in [2.05, 4.69) is 19.1 Å². The molecule has 1 fully saturated rings. The van der Waals surface area contributed by atoms with Crippen LogP contribution >= 0.6 is 0 Å². The first-order valence-corrected chi connectivity index (χ1v) is 11.0. The van der Waals surface area contributed by atoms with Crippen LogP contribution in [0.2, 0.25) is 0 Å². The van der Waals surface area contributed by atoms with E-state index >= 15 is 0 Å². The van der Waals surface area contributed by atoms with Gasteiger partial charge in [-0.2, -0.15) is 4.31 Å². The van der Waals surface area contributed by atoms with Crippen LogP contribution in [0.1, 0.15) is 24.1 Å². The van der Waals surface area contributed by atoms with Crippen molar-refractivity contribution in [3.05, 3.63) is 65.7 Å². The number of carbonyl (C=O) groups is 1. The van der Waals surface area contributed by atoms with E-state index < -0.39 is 10.0 Å². The number of hydrogen-bond donors (Lipinski definition) is 1. The van der Waals surface area contributed by atoms with Gasteiger partial charge in [0.05, 0.1) is 4.90 Å². The van der Waals surface area contributed by atoms with Gasteiger partial charge >= 0.3 is 0 Å². The fourth-order valence-electron chi connectivity index (χ4n) is 3.34. The highest BCUT2D eigenvalue weighted by Gasteiger charge is 2.30. The van der Waals surface area contributed by atoms with E-state index in [4.69, 9.17) is 0 Å². The highest BCUT2D eigenvalue weighted by molar-refractivity contribution is 7.89. The molecule has 0 saturated carbocycles. The molecule has 7 heteroatoms. The van der Waals surface area contributed by atoms with Crippen LogP contribution in [0.25, 0.3) is 0 Å². The molecular weight excluding hydrogens is 374 g/mol. The molecule has 0 spiro atoms. The Kier molecular flexibility index (Phi) is 6.49. The van der Waals surface area contributed by atoms with Crippen molar-refractivity contribution in [3.8, 4) is 0 Å². The van der Waals surface area contributed by atoms with E-state index in [1.54, 1.807) is 29.2 Å². The van der Waals surface area contributed by atoms with Gasteiger partial charge in [-0.1, -0.05) is 48.0 Å². The standard InChI is InChI=1S/C21H27N3O3S/c1-17-8-10-20(11-9-17)28(26,27)24-14-12-23(13-15-24)21(25)16-22-18(2)19-6-4-3-5-7-19/h3-11,18,22H,12-16H2,1-2H3/p+1/t18-/m0/s1. The summed E-state index contributed by atoms with van der Waals surface area (Å²) in [7, 11) is -3.50. The Labute approximate surface area is 167 Å². The zero-order chi connectivity index (χ0) is 20.1. The van der Waals surface area contributed by atoms with Crippen molar-refractivity contribution in [1.82, 2.24) is 9.21 Å². The molecule has 1 aliphatic heterocycles. The van der Waals surface area contributed by atoms with Crippen LogP contribution < -0.4 is 5.32 Å². The summed E-state index contributed by atoms with van der Waals surface area (Å²) in [4.78, 5) is 14.6. The summed E-state index contributed by atoms with van der Waals surface area (Å²) in [5, 5.41) is 2.02. The molecule has 0 unspecified atom stereocenters. The number of nitrogens with two attached hydrogens (primary N) is 1. The Hall–Kier alpha value is -2.22. The third-order valence-electron chi connectivity index (χ3n) is 5.22. The molecule has 0 radical (unpaired) electrons. The van der Waals surface area contributed by atoms with Crippen molar-refractivity contribution in [3.63, 3.8) is 0 Å². The van der Waals surface area contributed by atoms with Gasteiger partial charge in [0.1, 0.15) is 6.04 Å². The van der Waals surface area contributed by atoms with Crippen molar-refractivity contribution < 1.29 is 18.5 Å². The average Bonchev–Trinajstić information content (AvgIpc) is 2.73. The SMILES string of the molecule is Cc1ccc(S(=O)(=O)N2CCN(C(=O)C[NH2+][C@@H](C)c3ccccc3)CC2)cc1. The number of hydrogen-bond acceptors (Lipinski definition) is 3. The first-order chi connectivity index (χ1) is 13.4. The predicted octanol–water partition coefficient (Wildman–Crippen LogP) is 1.15. The summed E-state index contributed by atoms with van der Waals surface area (Å²) in [6.45, 7) is 5.88. The van der Waals surface area contributed by atoms with Gasteiger partial charge in [0, 0.05) is 31.7 Å². The molecule has 1 aliphatic rings. The monoisotopic (exact) mass is 402 g/mol. The zero-order valence-corrected chi connectivity index (χ0v) is 17.2. The van der Waals surface area contributed by atoms with E-state index in [0.29, 0.717) is 37.6 Å². The minimum Gasteiger partial charge on any atom is -0.335 e. The van der Waals surface area contributed by atoms with E-state index in [1.165, 1.54) is 9.87 Å². The molecule has 1 atom stereocenters. The number of nitrogens with zero attached hydrogens (tertiary/aromatic N) is 2. The van der Waals surface area contributed by atoms with Crippen LogP contribution in [0, 0.1) is 6.92 Å². The largest absolute Gasteiger partial charge is 0.335 e. The number of rotatable bonds is 6. The van der Waals surface area contributed by atoms with Crippen molar-refractivity contribution in [2.45, 2.75) is 24.8 Å². The summed E-state index contributed by atoms with van der Waals surface area (Å²) in [6.07, 6.45) is 0. The van der Waals surface area contributed by atoms with Crippen LogP contribution in [0.4, 0.5) is 0 Å². The molecule has 1 saturated heterocycles. The topological polar surface area (TPSA) is 74.3 Å². The van der Waals surface area contributed by atoms with Crippen LogP contribution in [-0.4, -0.2) is 56.3 Å². The van der Waals surface area contributed by atoms with Crippen LogP contribution in [0.5, 0.6) is 0 Å². The number of benzene rings is 2. The lowest BCUT2D eigenvalue weighted by Crippen LogP contribution is -2.87. The van der Waals surface area contributed by atoms with Crippen LogP contribution in [0.15, 0.2) is 59.5 Å². The summed E-state index contributed by atoms with van der Waals surface area (Å²) in [5.74, 6) is 0.0511. The average molecular weight is 403 g/mol. The van der Waals surface area contributed by atoms with Gasteiger partial charge in [-0.25, -0.2) is 8.42 Å². The van der Waals surface area contributed by atoms with E-state index in [0.717, 1.165) is 5.56 Å². The molecule has 1 amide bonds. The van der Waals surface area contributed by atoms with Gasteiger partial charge in [0.25, 0.3) is 5.91 Å². The summed E-state index contributed by atoms with van der Waals surface area (Å²) < 4.78 is 27.0. The minimum absolute atomic E-state index is 0.0511. The third-order valence-corrected chi connectivity index (χ3v) is 7.13. The highest BCUT2D eigenvalue weighted by atomic mass is 32.2. The van der Waals surface area contributed by atoms with Gasteiger partial charge in [-0.3, -0.25) is 4.79 Å². The first kappa shape index (κ1) is 20.5. The molecule has 2 aromatic rings. The summed E-state index contributed by atoms with van der Waals surface area (Å²) in [6, 6.07) is 17.2. The highest BCUT2D eigenvalue weighted by Crippen LogP contribution is 2.18. The maximum Gasteiger partial charge on any atom is 0.277 e. The number of sulfonamides is 1. The van der Waals surface area contributed by atoms with Gasteiger partial charge < -0.3 is 10.2 Å². The lowest BCUT2D eigenvalue weighted by atomic mass is 10.1. The number of piperazine rings is 1. The van der Waals surface area contributed by atoms with Crippen molar-refractivity contribution in [2.75, 3.05) is 32.7 Å². The predicted molar refractivity (Wildman–Crippen MR) is 108 cm³/mol. The van der Waals surface area contributed by atoms with Crippen molar-refractivity contribution >= 4 is 15.9 Å². The molecule has 6 nitrogen and oxygen atoms in total. The smallest absolute Gasteiger partial charge is 0.277 e. The number of aryl methyl sites for hydroxylation is 1. The third kappa shape index (κ3) is 4.79. The fraction of sp³-hybridized carbons (Fsp3) is 0.381. The maximum absolute atomic E-state index is 12.8. The van der Waals surface area contributed by atoms with E-state index in [1.807, 2.05) is 30.4 Å². The molecule has 28 heavy (non-hydrogen) atoms. The Morgan fingerprint density at radius 3 is 2.21 bits per heavy atom. The van der Waals surface area contributed by atoms with Crippen LogP contribution in [0.3, 0.4) is 0 Å². The Morgan fingerprint density at radius 2 is 1.61 bits per heavy atom. The quantitative estimate of drug-likeness (QED) is 0.788. The van der Waals surface area contributed by atoms with Gasteiger partial charge in [-0.15, -0.1) is 0 Å². The molecule has 2 N–H and O–H groups in total. The van der Waals surface area contributed by atoms with E-state index in [9.17, 15) is 13.2 Å². The number of carbonyl (C=O) groups excluding carboxylic acids is 1.